The van der Waals surface area contributed by atoms with Crippen LogP contribution in [0.4, 0.5) is 10.2 Å². The summed E-state index contributed by atoms with van der Waals surface area (Å²) in [6.45, 7) is 2.58. The summed E-state index contributed by atoms with van der Waals surface area (Å²) in [5.41, 5.74) is 7.52. The van der Waals surface area contributed by atoms with Gasteiger partial charge in [0.2, 0.25) is 0 Å². The minimum absolute atomic E-state index is 0.228. The van der Waals surface area contributed by atoms with Crippen molar-refractivity contribution in [1.29, 1.82) is 0 Å². The predicted molar refractivity (Wildman–Crippen MR) is 128 cm³/mol. The smallest absolute Gasteiger partial charge is 0.166 e. The zero-order valence-electron chi connectivity index (χ0n) is 18.9. The van der Waals surface area contributed by atoms with Crippen LogP contribution in [0.3, 0.4) is 0 Å². The molecule has 34 heavy (non-hydrogen) atoms. The summed E-state index contributed by atoms with van der Waals surface area (Å²) in [7, 11) is 1.49. The van der Waals surface area contributed by atoms with E-state index in [1.807, 2.05) is 24.4 Å². The predicted octanol–water partition coefficient (Wildman–Crippen LogP) is 3.71. The van der Waals surface area contributed by atoms with Crippen molar-refractivity contribution in [1.82, 2.24) is 24.7 Å². The minimum atomic E-state index is -0.442. The van der Waals surface area contributed by atoms with Crippen molar-refractivity contribution in [2.45, 2.75) is 12.8 Å². The van der Waals surface area contributed by atoms with Crippen LogP contribution in [0.5, 0.6) is 5.75 Å². The summed E-state index contributed by atoms with van der Waals surface area (Å²) in [4.78, 5) is 15.9. The molecule has 0 aliphatic carbocycles. The number of halogens is 1. The van der Waals surface area contributed by atoms with E-state index in [2.05, 4.69) is 20.0 Å². The van der Waals surface area contributed by atoms with Crippen LogP contribution in [-0.4, -0.2) is 51.5 Å². The van der Waals surface area contributed by atoms with Gasteiger partial charge in [-0.1, -0.05) is 12.1 Å². The number of hydrogen-bond donors (Lipinski definition) is 1. The first kappa shape index (κ1) is 22.0. The lowest BCUT2D eigenvalue weighted by Crippen LogP contribution is -2.38. The minimum Gasteiger partial charge on any atom is -0.496 e. The van der Waals surface area contributed by atoms with Crippen molar-refractivity contribution in [3.05, 3.63) is 66.9 Å². The van der Waals surface area contributed by atoms with Gasteiger partial charge in [-0.05, 0) is 55.6 Å². The molecule has 5 rings (SSSR count). The van der Waals surface area contributed by atoms with Crippen molar-refractivity contribution in [3.63, 3.8) is 0 Å². The summed E-state index contributed by atoms with van der Waals surface area (Å²) >= 11 is 0. The van der Waals surface area contributed by atoms with E-state index in [0.29, 0.717) is 29.7 Å². The van der Waals surface area contributed by atoms with Gasteiger partial charge in [-0.3, -0.25) is 0 Å². The molecule has 1 aliphatic rings. The molecular formula is C25H26FN7O. The molecule has 1 aromatic carbocycles. The molecule has 0 spiro atoms. The lowest BCUT2D eigenvalue weighted by molar-refractivity contribution is 0.413. The van der Waals surface area contributed by atoms with Gasteiger partial charge in [0.15, 0.2) is 11.6 Å². The van der Waals surface area contributed by atoms with Gasteiger partial charge in [-0.25, -0.2) is 24.0 Å². The van der Waals surface area contributed by atoms with E-state index in [1.54, 1.807) is 35.3 Å². The molecule has 4 aromatic rings. The molecule has 1 aliphatic heterocycles. The van der Waals surface area contributed by atoms with Gasteiger partial charge in [0, 0.05) is 31.0 Å². The Kier molecular flexibility index (Phi) is 6.18. The molecule has 174 valence electrons. The van der Waals surface area contributed by atoms with Crippen LogP contribution in [0, 0.1) is 11.7 Å². The molecule has 0 saturated carbocycles. The van der Waals surface area contributed by atoms with Crippen LogP contribution < -0.4 is 15.4 Å². The first-order chi connectivity index (χ1) is 16.7. The standard InChI is InChI=1S/C25H26FN7O/c1-34-21-7-2-6-19(26)24(21)25-28-11-10-20(30-25)18-14-29-33(16-18)23-9-3-8-22(31-23)32-12-4-5-17(13-27)15-32/h2-3,6-11,14,16-17H,4-5,12-13,15,27H2,1H3/t17-/m0/s1. The molecule has 1 fully saturated rings. The summed E-state index contributed by atoms with van der Waals surface area (Å²) in [5.74, 6) is 2.31. The number of hydrogen-bond acceptors (Lipinski definition) is 7. The van der Waals surface area contributed by atoms with E-state index in [9.17, 15) is 4.39 Å². The average Bonchev–Trinajstić information content (AvgIpc) is 3.39. The summed E-state index contributed by atoms with van der Waals surface area (Å²) in [5, 5.41) is 4.49. The fraction of sp³-hybridized carbons (Fsp3) is 0.280. The second-order valence-corrected chi connectivity index (χ2v) is 8.30. The van der Waals surface area contributed by atoms with Gasteiger partial charge in [-0.2, -0.15) is 5.10 Å². The highest BCUT2D eigenvalue weighted by atomic mass is 19.1. The summed E-state index contributed by atoms with van der Waals surface area (Å²) in [6.07, 6.45) is 7.45. The second-order valence-electron chi connectivity index (χ2n) is 8.30. The van der Waals surface area contributed by atoms with Crippen LogP contribution >= 0.6 is 0 Å². The van der Waals surface area contributed by atoms with Crippen molar-refractivity contribution in [2.24, 2.45) is 11.7 Å². The topological polar surface area (TPSA) is 95.0 Å². The monoisotopic (exact) mass is 459 g/mol. The Bertz CT molecular complexity index is 1290. The molecule has 9 heteroatoms. The van der Waals surface area contributed by atoms with Gasteiger partial charge < -0.3 is 15.4 Å². The van der Waals surface area contributed by atoms with Crippen LogP contribution in [0.15, 0.2) is 61.1 Å². The zero-order chi connectivity index (χ0) is 23.5. The van der Waals surface area contributed by atoms with E-state index < -0.39 is 5.82 Å². The molecule has 0 radical (unpaired) electrons. The normalized spacial score (nSPS) is 16.0. The van der Waals surface area contributed by atoms with E-state index >= 15 is 0 Å². The Morgan fingerprint density at radius 2 is 1.97 bits per heavy atom. The Balaban J connectivity index is 1.43. The van der Waals surface area contributed by atoms with Crippen LogP contribution in [0.2, 0.25) is 0 Å². The maximum Gasteiger partial charge on any atom is 0.166 e. The van der Waals surface area contributed by atoms with Gasteiger partial charge in [-0.15, -0.1) is 0 Å². The van der Waals surface area contributed by atoms with Crippen molar-refractivity contribution in [3.8, 4) is 34.2 Å². The van der Waals surface area contributed by atoms with Crippen LogP contribution in [0.25, 0.3) is 28.5 Å². The Labute approximate surface area is 197 Å². The lowest BCUT2D eigenvalue weighted by atomic mass is 9.98. The first-order valence-electron chi connectivity index (χ1n) is 11.3. The highest BCUT2D eigenvalue weighted by Crippen LogP contribution is 2.31. The fourth-order valence-electron chi connectivity index (χ4n) is 4.29. The van der Waals surface area contributed by atoms with Gasteiger partial charge >= 0.3 is 0 Å². The quantitative estimate of drug-likeness (QED) is 0.470. The van der Waals surface area contributed by atoms with Crippen molar-refractivity contribution < 1.29 is 9.13 Å². The second kappa shape index (κ2) is 9.56. The molecule has 2 N–H and O–H groups in total. The Morgan fingerprint density at radius 3 is 2.82 bits per heavy atom. The Hall–Kier alpha value is -3.85. The zero-order valence-corrected chi connectivity index (χ0v) is 18.9. The van der Waals surface area contributed by atoms with Crippen molar-refractivity contribution in [2.75, 3.05) is 31.6 Å². The molecule has 1 saturated heterocycles. The number of nitrogens with two attached hydrogens (primary N) is 1. The molecular weight excluding hydrogens is 433 g/mol. The highest BCUT2D eigenvalue weighted by Gasteiger charge is 2.20. The molecule has 4 heterocycles. The van der Waals surface area contributed by atoms with E-state index in [-0.39, 0.29) is 11.4 Å². The van der Waals surface area contributed by atoms with Crippen LogP contribution in [-0.2, 0) is 0 Å². The first-order valence-corrected chi connectivity index (χ1v) is 11.3. The lowest BCUT2D eigenvalue weighted by Gasteiger charge is -2.33. The summed E-state index contributed by atoms with van der Waals surface area (Å²) in [6, 6.07) is 12.3. The Morgan fingerprint density at radius 1 is 1.12 bits per heavy atom. The van der Waals surface area contributed by atoms with Gasteiger partial charge in [0.05, 0.1) is 24.6 Å². The maximum atomic E-state index is 14.5. The largest absolute Gasteiger partial charge is 0.496 e. The van der Waals surface area contributed by atoms with Crippen LogP contribution in [0.1, 0.15) is 12.8 Å². The number of aromatic nitrogens is 5. The SMILES string of the molecule is COc1cccc(F)c1-c1nccc(-c2cnn(-c3cccc(N4CCC[C@@H](CN)C4)n3)c2)n1. The molecule has 0 unspecified atom stereocenters. The number of rotatable bonds is 6. The molecule has 8 nitrogen and oxygen atoms in total. The number of pyridine rings is 1. The van der Waals surface area contributed by atoms with E-state index in [0.717, 1.165) is 37.3 Å². The number of nitrogens with zero attached hydrogens (tertiary/aromatic N) is 6. The molecule has 0 amide bonds. The number of ether oxygens (including phenoxy) is 1. The van der Waals surface area contributed by atoms with E-state index in [4.69, 9.17) is 15.5 Å². The fourth-order valence-corrected chi connectivity index (χ4v) is 4.29. The number of benzene rings is 1. The number of piperidine rings is 1. The highest BCUT2D eigenvalue weighted by molar-refractivity contribution is 5.68. The third-order valence-corrected chi connectivity index (χ3v) is 6.08. The summed E-state index contributed by atoms with van der Waals surface area (Å²) < 4.78 is 21.5. The number of anilines is 1. The van der Waals surface area contributed by atoms with Crippen molar-refractivity contribution >= 4 is 5.82 Å². The number of methoxy groups -OCH3 is 1. The third-order valence-electron chi connectivity index (χ3n) is 6.08. The molecule has 0 bridgehead atoms. The van der Waals surface area contributed by atoms with E-state index in [1.165, 1.54) is 13.2 Å². The maximum absolute atomic E-state index is 14.5. The molecule has 3 aromatic heterocycles. The van der Waals surface area contributed by atoms with Gasteiger partial charge in [0.1, 0.15) is 17.4 Å². The third kappa shape index (κ3) is 4.34. The average molecular weight is 460 g/mol. The molecule has 1 atom stereocenters. The van der Waals surface area contributed by atoms with Gasteiger partial charge in [0.25, 0.3) is 0 Å².